The van der Waals surface area contributed by atoms with Crippen LogP contribution < -0.4 is 18.9 Å². The summed E-state index contributed by atoms with van der Waals surface area (Å²) >= 11 is 0. The number of hydrogen-bond acceptors (Lipinski definition) is 10. The molecule has 0 radical (unpaired) electrons. The molecule has 0 N–H and O–H groups in total. The molecular weight excluding hydrogens is 676 g/mol. The summed E-state index contributed by atoms with van der Waals surface area (Å²) in [5, 5.41) is 0. The van der Waals surface area contributed by atoms with Gasteiger partial charge in [-0.05, 0) is 109 Å². The van der Waals surface area contributed by atoms with Crippen LogP contribution in [0.3, 0.4) is 0 Å². The Morgan fingerprint density at radius 3 is 1.40 bits per heavy atom. The monoisotopic (exact) mass is 726 g/mol. The van der Waals surface area contributed by atoms with Gasteiger partial charge < -0.3 is 33.2 Å². The Hall–Kier alpha value is -5.19. The first kappa shape index (κ1) is 40.6. The highest BCUT2D eigenvalue weighted by Crippen LogP contribution is 2.26. The summed E-state index contributed by atoms with van der Waals surface area (Å²) in [5.74, 6) is 1.42. The fraction of sp³-hybridized carbons (Fsp3) is 0.372. The quantitative estimate of drug-likeness (QED) is 0.0471. The highest BCUT2D eigenvalue weighted by molar-refractivity contribution is 5.92. The third-order valence-corrected chi connectivity index (χ3v) is 8.13. The van der Waals surface area contributed by atoms with Crippen LogP contribution in [0.4, 0.5) is 0 Å². The molecule has 0 aromatic heterocycles. The molecule has 0 saturated heterocycles. The van der Waals surface area contributed by atoms with Crippen molar-refractivity contribution in [1.29, 1.82) is 0 Å². The van der Waals surface area contributed by atoms with E-state index in [1.54, 1.807) is 48.5 Å². The second-order valence-corrected chi connectivity index (χ2v) is 13.0. The van der Waals surface area contributed by atoms with Gasteiger partial charge in [-0.3, -0.25) is 4.79 Å². The minimum Gasteiger partial charge on any atom is -0.494 e. The first-order valence-corrected chi connectivity index (χ1v) is 18.1. The molecule has 0 aliphatic heterocycles. The molecule has 4 aromatic carbocycles. The number of benzene rings is 4. The Balaban J connectivity index is 1.10. The summed E-state index contributed by atoms with van der Waals surface area (Å²) in [6.45, 7) is 12.8. The Bertz CT molecular complexity index is 1700. The molecule has 282 valence electrons. The molecule has 0 bridgehead atoms. The molecule has 4 rings (SSSR count). The van der Waals surface area contributed by atoms with Gasteiger partial charge in [0.05, 0.1) is 50.1 Å². The van der Waals surface area contributed by atoms with Crippen molar-refractivity contribution in [3.63, 3.8) is 0 Å². The Morgan fingerprint density at radius 1 is 0.509 bits per heavy atom. The van der Waals surface area contributed by atoms with Crippen LogP contribution in [0.2, 0.25) is 0 Å². The third kappa shape index (κ3) is 13.7. The fourth-order valence-corrected chi connectivity index (χ4v) is 5.30. The number of esters is 3. The maximum Gasteiger partial charge on any atom is 0.343 e. The first-order chi connectivity index (χ1) is 25.6. The Kier molecular flexibility index (Phi) is 16.4. The van der Waals surface area contributed by atoms with Gasteiger partial charge in [-0.15, -0.1) is 0 Å². The fourth-order valence-electron chi connectivity index (χ4n) is 5.30. The predicted octanol–water partition coefficient (Wildman–Crippen LogP) is 8.46. The molecule has 4 aromatic rings. The standard InChI is InChI=1S/C43H50O10/c1-6-49-36-15-7-32(8-16-36)33-9-19-38(20-10-33)52-42(45)35-13-21-39(22-14-35)53-41(44)34-11-17-37(18-12-34)50-27-25-47-23-24-48-26-28-51-43(46)40(31(4)5)29-30(2)3/h7-22,30-31,40H,6,23-29H2,1-5H3. The van der Waals surface area contributed by atoms with Crippen molar-refractivity contribution in [2.75, 3.05) is 46.2 Å². The van der Waals surface area contributed by atoms with Crippen LogP contribution in [0, 0.1) is 17.8 Å². The van der Waals surface area contributed by atoms with E-state index in [1.165, 1.54) is 12.1 Å². The van der Waals surface area contributed by atoms with Gasteiger partial charge in [-0.1, -0.05) is 52.0 Å². The average Bonchev–Trinajstić information content (AvgIpc) is 3.15. The van der Waals surface area contributed by atoms with Crippen LogP contribution in [0.25, 0.3) is 11.1 Å². The lowest BCUT2D eigenvalue weighted by molar-refractivity contribution is -0.152. The van der Waals surface area contributed by atoms with Crippen molar-refractivity contribution in [2.45, 2.75) is 41.0 Å². The molecule has 0 aliphatic rings. The van der Waals surface area contributed by atoms with Crippen LogP contribution in [-0.4, -0.2) is 64.2 Å². The van der Waals surface area contributed by atoms with Gasteiger partial charge in [0.25, 0.3) is 0 Å². The lowest BCUT2D eigenvalue weighted by Crippen LogP contribution is -2.25. The average molecular weight is 727 g/mol. The molecule has 1 unspecified atom stereocenters. The molecule has 53 heavy (non-hydrogen) atoms. The molecule has 0 saturated carbocycles. The van der Waals surface area contributed by atoms with E-state index in [1.807, 2.05) is 57.2 Å². The van der Waals surface area contributed by atoms with E-state index in [0.717, 1.165) is 23.3 Å². The van der Waals surface area contributed by atoms with Crippen LogP contribution in [-0.2, 0) is 19.0 Å². The number of hydrogen-bond donors (Lipinski definition) is 0. The lowest BCUT2D eigenvalue weighted by Gasteiger charge is -2.21. The van der Waals surface area contributed by atoms with Crippen molar-refractivity contribution in [3.8, 4) is 34.1 Å². The summed E-state index contributed by atoms with van der Waals surface area (Å²) in [5.41, 5.74) is 2.66. The molecule has 0 heterocycles. The van der Waals surface area contributed by atoms with Crippen LogP contribution in [0.1, 0.15) is 61.8 Å². The molecule has 0 amide bonds. The van der Waals surface area contributed by atoms with Crippen LogP contribution >= 0.6 is 0 Å². The van der Waals surface area contributed by atoms with Crippen molar-refractivity contribution in [3.05, 3.63) is 108 Å². The van der Waals surface area contributed by atoms with E-state index in [0.29, 0.717) is 68.2 Å². The van der Waals surface area contributed by atoms with Gasteiger partial charge in [0.2, 0.25) is 0 Å². The molecule has 0 spiro atoms. The minimum atomic E-state index is -0.548. The molecule has 0 aliphatic carbocycles. The highest BCUT2D eigenvalue weighted by atomic mass is 16.6. The van der Waals surface area contributed by atoms with Gasteiger partial charge in [0.15, 0.2) is 0 Å². The van der Waals surface area contributed by atoms with Crippen LogP contribution in [0.15, 0.2) is 97.1 Å². The zero-order chi connectivity index (χ0) is 38.0. The second-order valence-electron chi connectivity index (χ2n) is 13.0. The SMILES string of the molecule is CCOc1ccc(-c2ccc(OC(=O)c3ccc(OC(=O)c4ccc(OCCOCCOCCOC(=O)C(CC(C)C)C(C)C)cc4)cc3)cc2)cc1. The van der Waals surface area contributed by atoms with E-state index in [9.17, 15) is 14.4 Å². The summed E-state index contributed by atoms with van der Waals surface area (Å²) in [6, 6.07) is 27.8. The second kappa shape index (κ2) is 21.4. The first-order valence-electron chi connectivity index (χ1n) is 18.1. The normalized spacial score (nSPS) is 11.6. The number of rotatable bonds is 21. The zero-order valence-corrected chi connectivity index (χ0v) is 31.2. The highest BCUT2D eigenvalue weighted by Gasteiger charge is 2.24. The van der Waals surface area contributed by atoms with Gasteiger partial charge in [-0.2, -0.15) is 0 Å². The van der Waals surface area contributed by atoms with Gasteiger partial charge in [0.1, 0.15) is 36.2 Å². The van der Waals surface area contributed by atoms with Gasteiger partial charge in [-0.25, -0.2) is 9.59 Å². The van der Waals surface area contributed by atoms with E-state index in [2.05, 4.69) is 13.8 Å². The third-order valence-electron chi connectivity index (χ3n) is 8.13. The topological polar surface area (TPSA) is 116 Å². The summed E-state index contributed by atoms with van der Waals surface area (Å²) < 4.78 is 38.6. The number of carbonyl (C=O) groups is 3. The molecule has 0 fully saturated rings. The van der Waals surface area contributed by atoms with Crippen molar-refractivity contribution in [1.82, 2.24) is 0 Å². The van der Waals surface area contributed by atoms with Crippen molar-refractivity contribution >= 4 is 17.9 Å². The molecule has 10 nitrogen and oxygen atoms in total. The van der Waals surface area contributed by atoms with Crippen molar-refractivity contribution < 1.29 is 47.5 Å². The summed E-state index contributed by atoms with van der Waals surface area (Å²) in [7, 11) is 0. The maximum absolute atomic E-state index is 12.7. The van der Waals surface area contributed by atoms with Crippen LogP contribution in [0.5, 0.6) is 23.0 Å². The Morgan fingerprint density at radius 2 is 0.925 bits per heavy atom. The number of carbonyl (C=O) groups excluding carboxylic acids is 3. The van der Waals surface area contributed by atoms with E-state index >= 15 is 0 Å². The molecule has 10 heteroatoms. The number of ether oxygens (including phenoxy) is 7. The van der Waals surface area contributed by atoms with E-state index in [4.69, 9.17) is 33.2 Å². The smallest absolute Gasteiger partial charge is 0.343 e. The van der Waals surface area contributed by atoms with E-state index in [-0.39, 0.29) is 30.2 Å². The Labute approximate surface area is 312 Å². The maximum atomic E-state index is 12.7. The van der Waals surface area contributed by atoms with Gasteiger partial charge >= 0.3 is 17.9 Å². The molecular formula is C43H50O10. The molecule has 1 atom stereocenters. The lowest BCUT2D eigenvalue weighted by atomic mass is 9.88. The summed E-state index contributed by atoms with van der Waals surface area (Å²) in [6.07, 6.45) is 0.812. The predicted molar refractivity (Wildman–Crippen MR) is 202 cm³/mol. The van der Waals surface area contributed by atoms with Gasteiger partial charge in [0, 0.05) is 0 Å². The van der Waals surface area contributed by atoms with E-state index < -0.39 is 11.9 Å². The summed E-state index contributed by atoms with van der Waals surface area (Å²) in [4.78, 5) is 37.8. The zero-order valence-electron chi connectivity index (χ0n) is 31.2. The largest absolute Gasteiger partial charge is 0.494 e. The van der Waals surface area contributed by atoms with Crippen molar-refractivity contribution in [2.24, 2.45) is 17.8 Å². The minimum absolute atomic E-state index is 0.0962.